The van der Waals surface area contributed by atoms with Gasteiger partial charge in [-0.1, -0.05) is 0 Å². The van der Waals surface area contributed by atoms with Crippen molar-refractivity contribution in [3.8, 4) is 0 Å². The Kier molecular flexibility index (Phi) is 3.71. The van der Waals surface area contributed by atoms with Crippen molar-refractivity contribution in [2.75, 3.05) is 25.7 Å². The summed E-state index contributed by atoms with van der Waals surface area (Å²) in [5.41, 5.74) is 1.28. The minimum Gasteiger partial charge on any atom is -0.478 e. The number of ether oxygens (including phenoxy) is 1. The predicted molar refractivity (Wildman–Crippen MR) is 70.7 cm³/mol. The normalized spacial score (nSPS) is 12.6. The van der Waals surface area contributed by atoms with Crippen LogP contribution in [0.5, 0.6) is 0 Å². The first-order chi connectivity index (χ1) is 9.02. The highest BCUT2D eigenvalue weighted by Gasteiger charge is 2.16. The fraction of sp³-hybridized carbons (Fsp3) is 0.385. The van der Waals surface area contributed by atoms with E-state index in [4.69, 9.17) is 14.3 Å². The number of rotatable bonds is 5. The van der Waals surface area contributed by atoms with Gasteiger partial charge in [-0.25, -0.2) is 4.79 Å². The van der Waals surface area contributed by atoms with Crippen LogP contribution in [0, 0.1) is 0 Å². The molecular formula is C13H16N2O4. The first-order valence-corrected chi connectivity index (χ1v) is 5.88. The fourth-order valence-electron chi connectivity index (χ4n) is 1.74. The van der Waals surface area contributed by atoms with Crippen molar-refractivity contribution < 1.29 is 19.1 Å². The first-order valence-electron chi connectivity index (χ1n) is 5.88. The predicted octanol–water partition coefficient (Wildman–Crippen LogP) is 2.00. The number of aromatic carboxylic acids is 1. The zero-order valence-electron chi connectivity index (χ0n) is 11.1. The average molecular weight is 264 g/mol. The Bertz CT molecular complexity index is 593. The molecule has 0 radical (unpaired) electrons. The number of carboxylic acids is 1. The fourth-order valence-corrected chi connectivity index (χ4v) is 1.74. The van der Waals surface area contributed by atoms with E-state index in [0.717, 1.165) is 0 Å². The third kappa shape index (κ3) is 2.68. The van der Waals surface area contributed by atoms with Gasteiger partial charge in [-0.15, -0.1) is 0 Å². The first kappa shape index (κ1) is 13.4. The number of methoxy groups -OCH3 is 1. The van der Waals surface area contributed by atoms with E-state index in [2.05, 4.69) is 4.98 Å². The van der Waals surface area contributed by atoms with Gasteiger partial charge in [0.1, 0.15) is 5.52 Å². The molecule has 0 aliphatic carbocycles. The van der Waals surface area contributed by atoms with Gasteiger partial charge < -0.3 is 19.2 Å². The molecule has 0 saturated carbocycles. The maximum Gasteiger partial charge on any atom is 0.335 e. The number of benzene rings is 1. The van der Waals surface area contributed by atoms with Crippen molar-refractivity contribution in [1.29, 1.82) is 0 Å². The summed E-state index contributed by atoms with van der Waals surface area (Å²) >= 11 is 0. The van der Waals surface area contributed by atoms with Crippen LogP contribution < -0.4 is 4.90 Å². The smallest absolute Gasteiger partial charge is 0.335 e. The summed E-state index contributed by atoms with van der Waals surface area (Å²) < 4.78 is 10.7. The Hall–Kier alpha value is -2.08. The van der Waals surface area contributed by atoms with Crippen molar-refractivity contribution in [1.82, 2.24) is 4.98 Å². The van der Waals surface area contributed by atoms with Crippen LogP contribution in [0.15, 0.2) is 22.6 Å². The molecule has 1 atom stereocenters. The number of likely N-dealkylation sites (N-methyl/N-ethyl adjacent to an activating group) is 1. The van der Waals surface area contributed by atoms with Crippen LogP contribution in [-0.2, 0) is 4.74 Å². The van der Waals surface area contributed by atoms with Crippen molar-refractivity contribution >= 4 is 23.1 Å². The summed E-state index contributed by atoms with van der Waals surface area (Å²) in [6.45, 7) is 2.54. The van der Waals surface area contributed by atoms with Gasteiger partial charge in [0.05, 0.1) is 18.2 Å². The molecule has 0 saturated heterocycles. The Morgan fingerprint density at radius 2 is 2.32 bits per heavy atom. The van der Waals surface area contributed by atoms with Crippen LogP contribution in [0.1, 0.15) is 17.3 Å². The van der Waals surface area contributed by atoms with Gasteiger partial charge >= 0.3 is 5.97 Å². The van der Waals surface area contributed by atoms with Gasteiger partial charge in [0.2, 0.25) is 0 Å². The molecule has 0 aliphatic rings. The van der Waals surface area contributed by atoms with Crippen molar-refractivity contribution in [2.24, 2.45) is 0 Å². The SMILES string of the molecule is COCC(C)N(C)c1nc2ccc(C(=O)O)cc2o1. The van der Waals surface area contributed by atoms with E-state index in [-0.39, 0.29) is 11.6 Å². The molecule has 0 amide bonds. The number of oxazole rings is 1. The number of nitrogens with zero attached hydrogens (tertiary/aromatic N) is 2. The lowest BCUT2D eigenvalue weighted by Gasteiger charge is -2.21. The van der Waals surface area contributed by atoms with Crippen LogP contribution in [0.4, 0.5) is 6.01 Å². The lowest BCUT2D eigenvalue weighted by atomic mass is 10.2. The minimum absolute atomic E-state index is 0.108. The van der Waals surface area contributed by atoms with Gasteiger partial charge in [0.25, 0.3) is 6.01 Å². The number of aromatic nitrogens is 1. The molecule has 0 spiro atoms. The quantitative estimate of drug-likeness (QED) is 0.890. The number of carboxylic acid groups (broad SMARTS) is 1. The molecule has 1 aromatic carbocycles. The Morgan fingerprint density at radius 3 is 2.95 bits per heavy atom. The number of fused-ring (bicyclic) bond motifs is 1. The standard InChI is InChI=1S/C13H16N2O4/c1-8(7-18-3)15(2)13-14-10-5-4-9(12(16)17)6-11(10)19-13/h4-6,8H,7H2,1-3H3,(H,16,17). The highest BCUT2D eigenvalue weighted by molar-refractivity contribution is 5.92. The third-order valence-corrected chi connectivity index (χ3v) is 2.99. The van der Waals surface area contributed by atoms with Crippen molar-refractivity contribution in [3.63, 3.8) is 0 Å². The molecule has 2 rings (SSSR count). The lowest BCUT2D eigenvalue weighted by molar-refractivity contribution is 0.0697. The van der Waals surface area contributed by atoms with Crippen LogP contribution in [0.2, 0.25) is 0 Å². The van der Waals surface area contributed by atoms with Gasteiger partial charge in [-0.2, -0.15) is 4.98 Å². The van der Waals surface area contributed by atoms with Crippen LogP contribution in [0.3, 0.4) is 0 Å². The van der Waals surface area contributed by atoms with E-state index in [0.29, 0.717) is 23.7 Å². The Balaban J connectivity index is 2.33. The van der Waals surface area contributed by atoms with Gasteiger partial charge in [-0.3, -0.25) is 0 Å². The van der Waals surface area contributed by atoms with Gasteiger partial charge in [-0.05, 0) is 25.1 Å². The molecule has 19 heavy (non-hydrogen) atoms. The maximum absolute atomic E-state index is 10.9. The monoisotopic (exact) mass is 264 g/mol. The van der Waals surface area contributed by atoms with Gasteiger partial charge in [0, 0.05) is 14.2 Å². The minimum atomic E-state index is -0.985. The molecule has 6 heteroatoms. The van der Waals surface area contributed by atoms with E-state index >= 15 is 0 Å². The molecule has 1 N–H and O–H groups in total. The summed E-state index contributed by atoms with van der Waals surface area (Å²) in [4.78, 5) is 17.1. The molecule has 0 bridgehead atoms. The van der Waals surface area contributed by atoms with E-state index in [9.17, 15) is 4.79 Å². The Labute approximate surface area is 110 Å². The zero-order valence-corrected chi connectivity index (χ0v) is 11.1. The average Bonchev–Trinajstić information content (AvgIpc) is 2.80. The van der Waals surface area contributed by atoms with E-state index in [1.807, 2.05) is 18.9 Å². The molecule has 1 unspecified atom stereocenters. The van der Waals surface area contributed by atoms with Crippen LogP contribution in [0.25, 0.3) is 11.1 Å². The van der Waals surface area contributed by atoms with E-state index in [1.54, 1.807) is 13.2 Å². The molecule has 2 aromatic rings. The summed E-state index contributed by atoms with van der Waals surface area (Å²) in [6, 6.07) is 5.18. The summed E-state index contributed by atoms with van der Waals surface area (Å²) in [7, 11) is 3.49. The molecule has 6 nitrogen and oxygen atoms in total. The van der Waals surface area contributed by atoms with Crippen molar-refractivity contribution in [2.45, 2.75) is 13.0 Å². The van der Waals surface area contributed by atoms with Crippen LogP contribution in [-0.4, -0.2) is 42.9 Å². The zero-order chi connectivity index (χ0) is 14.0. The molecule has 0 aliphatic heterocycles. The lowest BCUT2D eigenvalue weighted by Crippen LogP contribution is -2.32. The number of hydrogen-bond donors (Lipinski definition) is 1. The number of anilines is 1. The highest BCUT2D eigenvalue weighted by atomic mass is 16.5. The second-order valence-corrected chi connectivity index (χ2v) is 4.40. The van der Waals surface area contributed by atoms with Crippen LogP contribution >= 0.6 is 0 Å². The largest absolute Gasteiger partial charge is 0.478 e. The molecule has 102 valence electrons. The summed E-state index contributed by atoms with van der Waals surface area (Å²) in [5.74, 6) is -0.985. The van der Waals surface area contributed by atoms with E-state index in [1.165, 1.54) is 12.1 Å². The number of hydrogen-bond acceptors (Lipinski definition) is 5. The van der Waals surface area contributed by atoms with E-state index < -0.39 is 5.97 Å². The third-order valence-electron chi connectivity index (χ3n) is 2.99. The molecule has 0 fully saturated rings. The van der Waals surface area contributed by atoms with Crippen molar-refractivity contribution in [3.05, 3.63) is 23.8 Å². The molecular weight excluding hydrogens is 248 g/mol. The second-order valence-electron chi connectivity index (χ2n) is 4.40. The Morgan fingerprint density at radius 1 is 1.58 bits per heavy atom. The molecule has 1 aromatic heterocycles. The number of carbonyl (C=O) groups is 1. The summed E-state index contributed by atoms with van der Waals surface area (Å²) in [6.07, 6.45) is 0. The highest BCUT2D eigenvalue weighted by Crippen LogP contribution is 2.23. The maximum atomic E-state index is 10.9. The summed E-state index contributed by atoms with van der Waals surface area (Å²) in [5, 5.41) is 8.93. The molecule has 1 heterocycles. The topological polar surface area (TPSA) is 75.8 Å². The second kappa shape index (κ2) is 5.27. The van der Waals surface area contributed by atoms with Gasteiger partial charge in [0.15, 0.2) is 5.58 Å².